The molecule has 6 heteroatoms. The first-order valence-corrected chi connectivity index (χ1v) is 7.77. The first-order chi connectivity index (χ1) is 10.2. The zero-order valence-electron chi connectivity index (χ0n) is 12.1. The molecule has 0 aliphatic carbocycles. The molecule has 4 rings (SSSR count). The second-order valence-electron chi connectivity index (χ2n) is 5.84. The van der Waals surface area contributed by atoms with E-state index in [-0.39, 0.29) is 17.1 Å². The van der Waals surface area contributed by atoms with Crippen molar-refractivity contribution in [1.82, 2.24) is 15.2 Å². The molecule has 4 heterocycles. The Morgan fingerprint density at radius 1 is 1.43 bits per heavy atom. The first kappa shape index (κ1) is 14.6. The van der Waals surface area contributed by atoms with Crippen molar-refractivity contribution in [3.05, 3.63) is 23.0 Å². The van der Waals surface area contributed by atoms with E-state index in [4.69, 9.17) is 16.3 Å². The lowest BCUT2D eigenvalue weighted by Crippen LogP contribution is -2.42. The average molecular weight is 310 g/mol. The van der Waals surface area contributed by atoms with Crippen molar-refractivity contribution in [2.24, 2.45) is 5.92 Å². The number of hydrogen-bond acceptors (Lipinski definition) is 4. The van der Waals surface area contributed by atoms with Crippen LogP contribution in [-0.2, 0) is 0 Å². The highest BCUT2D eigenvalue weighted by Crippen LogP contribution is 2.27. The smallest absolute Gasteiger partial charge is 0.270 e. The lowest BCUT2D eigenvalue weighted by molar-refractivity contribution is 0.0923. The van der Waals surface area contributed by atoms with E-state index in [9.17, 15) is 4.79 Å². The van der Waals surface area contributed by atoms with Gasteiger partial charge >= 0.3 is 0 Å². The number of amides is 1. The predicted molar refractivity (Wildman–Crippen MR) is 80.8 cm³/mol. The van der Waals surface area contributed by atoms with Gasteiger partial charge in [-0.15, -0.1) is 0 Å². The Kier molecular flexibility index (Phi) is 4.31. The summed E-state index contributed by atoms with van der Waals surface area (Å²) in [6, 6.07) is 3.52. The summed E-state index contributed by atoms with van der Waals surface area (Å²) in [5.41, 5.74) is 0.340. The molecule has 1 aromatic rings. The minimum Gasteiger partial charge on any atom is -0.494 e. The number of pyridine rings is 1. The van der Waals surface area contributed by atoms with Gasteiger partial charge in [-0.2, -0.15) is 0 Å². The molecule has 3 aliphatic rings. The fourth-order valence-corrected chi connectivity index (χ4v) is 3.49. The molecule has 5 nitrogen and oxygen atoms in total. The Morgan fingerprint density at radius 3 is 2.86 bits per heavy atom. The molecule has 0 aromatic carbocycles. The standard InChI is InChI=1S/C15H20ClN3O2/c1-21-13-3-2-12(18-14(13)16)15(20)17-11-8-10-4-6-19(9-11)7-5-10/h2-3,10-11H,4-9H2,1H3,(H,17,20). The van der Waals surface area contributed by atoms with Crippen LogP contribution in [0.2, 0.25) is 5.15 Å². The van der Waals surface area contributed by atoms with Crippen LogP contribution in [-0.4, -0.2) is 48.6 Å². The summed E-state index contributed by atoms with van der Waals surface area (Å²) in [5, 5.41) is 3.32. The van der Waals surface area contributed by atoms with E-state index in [2.05, 4.69) is 15.2 Å². The van der Waals surface area contributed by atoms with Gasteiger partial charge in [0.25, 0.3) is 5.91 Å². The van der Waals surface area contributed by atoms with E-state index < -0.39 is 0 Å². The Hall–Kier alpha value is -1.33. The topological polar surface area (TPSA) is 54.5 Å². The van der Waals surface area contributed by atoms with Gasteiger partial charge in [0.15, 0.2) is 10.9 Å². The number of hydrogen-bond donors (Lipinski definition) is 1. The summed E-state index contributed by atoms with van der Waals surface area (Å²) in [5.74, 6) is 1.06. The highest BCUT2D eigenvalue weighted by Gasteiger charge is 2.30. The molecular formula is C15H20ClN3O2. The van der Waals surface area contributed by atoms with Gasteiger partial charge in [-0.25, -0.2) is 4.98 Å². The number of nitrogens with one attached hydrogen (secondary N) is 1. The van der Waals surface area contributed by atoms with Crippen molar-refractivity contribution >= 4 is 17.5 Å². The zero-order valence-corrected chi connectivity index (χ0v) is 12.9. The van der Waals surface area contributed by atoms with Crippen molar-refractivity contribution in [2.45, 2.75) is 25.3 Å². The molecule has 3 saturated heterocycles. The molecule has 2 bridgehead atoms. The monoisotopic (exact) mass is 309 g/mol. The Bertz CT molecular complexity index is 516. The van der Waals surface area contributed by atoms with Crippen LogP contribution < -0.4 is 10.1 Å². The fraction of sp³-hybridized carbons (Fsp3) is 0.600. The van der Waals surface area contributed by atoms with E-state index in [0.717, 1.165) is 32.0 Å². The highest BCUT2D eigenvalue weighted by atomic mass is 35.5. The lowest BCUT2D eigenvalue weighted by Gasteiger charge is -2.26. The van der Waals surface area contributed by atoms with E-state index >= 15 is 0 Å². The van der Waals surface area contributed by atoms with Gasteiger partial charge < -0.3 is 15.0 Å². The quantitative estimate of drug-likeness (QED) is 0.867. The van der Waals surface area contributed by atoms with Crippen molar-refractivity contribution in [1.29, 1.82) is 0 Å². The maximum Gasteiger partial charge on any atom is 0.270 e. The maximum absolute atomic E-state index is 12.3. The van der Waals surface area contributed by atoms with Crippen molar-refractivity contribution in [3.63, 3.8) is 0 Å². The van der Waals surface area contributed by atoms with Crippen LogP contribution in [0.5, 0.6) is 5.75 Å². The molecule has 0 radical (unpaired) electrons. The first-order valence-electron chi connectivity index (χ1n) is 7.39. The minimum absolute atomic E-state index is 0.160. The van der Waals surface area contributed by atoms with E-state index in [1.54, 1.807) is 12.1 Å². The van der Waals surface area contributed by atoms with Gasteiger partial charge in [-0.1, -0.05) is 11.6 Å². The number of nitrogens with zero attached hydrogens (tertiary/aromatic N) is 2. The SMILES string of the molecule is COc1ccc(C(=O)NC2CC3CCN(CC3)C2)nc1Cl. The fourth-order valence-electron chi connectivity index (χ4n) is 3.26. The third-order valence-electron chi connectivity index (χ3n) is 4.41. The summed E-state index contributed by atoms with van der Waals surface area (Å²) in [4.78, 5) is 18.9. The van der Waals surface area contributed by atoms with Crippen molar-refractivity contribution in [2.75, 3.05) is 26.7 Å². The van der Waals surface area contributed by atoms with Crippen molar-refractivity contribution < 1.29 is 9.53 Å². The van der Waals surface area contributed by atoms with E-state index in [1.807, 2.05) is 0 Å². The predicted octanol–water partition coefficient (Wildman–Crippen LogP) is 1.96. The molecule has 114 valence electrons. The number of rotatable bonds is 3. The summed E-state index contributed by atoms with van der Waals surface area (Å²) in [7, 11) is 1.53. The van der Waals surface area contributed by atoms with E-state index in [0.29, 0.717) is 11.4 Å². The molecule has 1 N–H and O–H groups in total. The second kappa shape index (κ2) is 6.20. The minimum atomic E-state index is -0.160. The van der Waals surface area contributed by atoms with Gasteiger partial charge in [-0.05, 0) is 50.4 Å². The normalized spacial score (nSPS) is 28.0. The molecule has 0 saturated carbocycles. The number of fused-ring (bicyclic) bond motifs is 4. The number of piperidine rings is 1. The van der Waals surface area contributed by atoms with Gasteiger partial charge in [-0.3, -0.25) is 4.79 Å². The summed E-state index contributed by atoms with van der Waals surface area (Å²) < 4.78 is 5.05. The number of methoxy groups -OCH3 is 1. The largest absolute Gasteiger partial charge is 0.494 e. The molecular weight excluding hydrogens is 290 g/mol. The van der Waals surface area contributed by atoms with Crippen molar-refractivity contribution in [3.8, 4) is 5.75 Å². The van der Waals surface area contributed by atoms with Crippen LogP contribution in [0.15, 0.2) is 12.1 Å². The summed E-state index contributed by atoms with van der Waals surface area (Å²) in [6.07, 6.45) is 3.56. The van der Waals surface area contributed by atoms with Crippen LogP contribution in [0.25, 0.3) is 0 Å². The molecule has 1 unspecified atom stereocenters. The Morgan fingerprint density at radius 2 is 2.19 bits per heavy atom. The zero-order chi connectivity index (χ0) is 14.8. The molecule has 1 atom stereocenters. The summed E-state index contributed by atoms with van der Waals surface area (Å²) >= 11 is 5.97. The number of ether oxygens (including phenoxy) is 1. The van der Waals surface area contributed by atoms with E-state index in [1.165, 1.54) is 20.0 Å². The molecule has 3 fully saturated rings. The van der Waals surface area contributed by atoms with Gasteiger partial charge in [0.1, 0.15) is 5.69 Å². The third-order valence-corrected chi connectivity index (χ3v) is 4.68. The number of carbonyl (C=O) groups excluding carboxylic acids is 1. The van der Waals surface area contributed by atoms with Gasteiger partial charge in [0.2, 0.25) is 0 Å². The molecule has 3 aliphatic heterocycles. The van der Waals surface area contributed by atoms with Gasteiger partial charge in [0.05, 0.1) is 7.11 Å². The maximum atomic E-state index is 12.3. The summed E-state index contributed by atoms with van der Waals surface area (Å²) in [6.45, 7) is 3.25. The van der Waals surface area contributed by atoms with Crippen LogP contribution in [0, 0.1) is 5.92 Å². The van der Waals surface area contributed by atoms with Crippen LogP contribution >= 0.6 is 11.6 Å². The highest BCUT2D eigenvalue weighted by molar-refractivity contribution is 6.31. The molecule has 1 aromatic heterocycles. The number of aromatic nitrogens is 1. The lowest BCUT2D eigenvalue weighted by atomic mass is 9.94. The number of carbonyl (C=O) groups is 1. The second-order valence-corrected chi connectivity index (χ2v) is 6.20. The average Bonchev–Trinajstić information content (AvgIpc) is 2.79. The number of halogens is 1. The van der Waals surface area contributed by atoms with Gasteiger partial charge in [0, 0.05) is 12.6 Å². The Balaban J connectivity index is 1.67. The van der Waals surface area contributed by atoms with Crippen LogP contribution in [0.3, 0.4) is 0 Å². The molecule has 21 heavy (non-hydrogen) atoms. The molecule has 0 spiro atoms. The third kappa shape index (κ3) is 3.30. The van der Waals surface area contributed by atoms with Crippen LogP contribution in [0.4, 0.5) is 0 Å². The molecule has 1 amide bonds. The van der Waals surface area contributed by atoms with Crippen LogP contribution in [0.1, 0.15) is 29.8 Å². The Labute approximate surface area is 129 Å².